The fourth-order valence-electron chi connectivity index (χ4n) is 3.19. The number of amides is 1. The lowest BCUT2D eigenvalue weighted by atomic mass is 9.96. The molecular formula is C20H25N5O2. The lowest BCUT2D eigenvalue weighted by Crippen LogP contribution is -2.40. The minimum absolute atomic E-state index is 0.192. The Balaban J connectivity index is 2.09. The van der Waals surface area contributed by atoms with Crippen LogP contribution in [0.4, 0.5) is 5.69 Å². The molecule has 2 aromatic rings. The van der Waals surface area contributed by atoms with Gasteiger partial charge in [-0.15, -0.1) is 0 Å². The molecule has 3 rings (SSSR count). The number of aromatic nitrogens is 1. The predicted molar refractivity (Wildman–Crippen MR) is 107 cm³/mol. The number of anilines is 1. The highest BCUT2D eigenvalue weighted by molar-refractivity contribution is 6.04. The average molecular weight is 367 g/mol. The van der Waals surface area contributed by atoms with E-state index in [0.717, 1.165) is 34.5 Å². The zero-order valence-electron chi connectivity index (χ0n) is 16.1. The van der Waals surface area contributed by atoms with Gasteiger partial charge in [0.1, 0.15) is 5.70 Å². The van der Waals surface area contributed by atoms with E-state index in [1.54, 1.807) is 19.2 Å². The summed E-state index contributed by atoms with van der Waals surface area (Å²) in [6, 6.07) is 9.65. The Hall–Kier alpha value is -3.22. The minimum Gasteiger partial charge on any atom is -0.481 e. The number of nitrogens with two attached hydrogens (primary N) is 1. The lowest BCUT2D eigenvalue weighted by molar-refractivity contribution is -0.118. The molecule has 0 fully saturated rings. The molecule has 0 saturated heterocycles. The van der Waals surface area contributed by atoms with Gasteiger partial charge in [0.2, 0.25) is 5.88 Å². The number of rotatable bonds is 5. The molecule has 0 spiro atoms. The summed E-state index contributed by atoms with van der Waals surface area (Å²) in [7, 11) is 3.38. The van der Waals surface area contributed by atoms with Gasteiger partial charge in [0, 0.05) is 42.0 Å². The first-order valence-electron chi connectivity index (χ1n) is 8.91. The number of ether oxygens (including phenoxy) is 1. The number of hydrogen-bond donors (Lipinski definition) is 3. The van der Waals surface area contributed by atoms with Crippen molar-refractivity contribution in [2.24, 2.45) is 5.73 Å². The van der Waals surface area contributed by atoms with Crippen molar-refractivity contribution < 1.29 is 9.53 Å². The van der Waals surface area contributed by atoms with Crippen LogP contribution in [0.2, 0.25) is 0 Å². The third-order valence-corrected chi connectivity index (χ3v) is 4.53. The van der Waals surface area contributed by atoms with Crippen LogP contribution in [0, 0.1) is 6.92 Å². The normalized spacial score (nSPS) is 13.1. The number of pyridine rings is 1. The van der Waals surface area contributed by atoms with Crippen molar-refractivity contribution in [1.29, 1.82) is 0 Å². The predicted octanol–water partition coefficient (Wildman–Crippen LogP) is 2.49. The average Bonchev–Trinajstić information content (AvgIpc) is 2.66. The third-order valence-electron chi connectivity index (χ3n) is 4.53. The number of nitrogens with zero attached hydrogens (tertiary/aromatic N) is 2. The first-order valence-corrected chi connectivity index (χ1v) is 8.91. The summed E-state index contributed by atoms with van der Waals surface area (Å²) in [6.07, 6.45) is 0.862. The fourth-order valence-corrected chi connectivity index (χ4v) is 3.19. The van der Waals surface area contributed by atoms with Crippen LogP contribution in [0.3, 0.4) is 0 Å². The SMILES string of the molecule is CCCNC(=O)C1=C(N)c2cccc(-c3ccc(OC)nc3C)c2NN1C. The number of hydrogen-bond acceptors (Lipinski definition) is 6. The molecule has 2 heterocycles. The Kier molecular flexibility index (Phi) is 5.21. The van der Waals surface area contributed by atoms with E-state index in [1.165, 1.54) is 0 Å². The third kappa shape index (κ3) is 3.40. The fraction of sp³-hybridized carbons (Fsp3) is 0.300. The molecule has 0 atom stereocenters. The summed E-state index contributed by atoms with van der Waals surface area (Å²) in [6.45, 7) is 4.55. The van der Waals surface area contributed by atoms with Crippen LogP contribution < -0.4 is 21.2 Å². The van der Waals surface area contributed by atoms with Crippen molar-refractivity contribution in [1.82, 2.24) is 15.3 Å². The Morgan fingerprint density at radius 3 is 2.67 bits per heavy atom. The number of methoxy groups -OCH3 is 1. The Bertz CT molecular complexity index is 907. The van der Waals surface area contributed by atoms with E-state index in [9.17, 15) is 4.79 Å². The first-order chi connectivity index (χ1) is 13.0. The van der Waals surface area contributed by atoms with Gasteiger partial charge >= 0.3 is 0 Å². The Morgan fingerprint density at radius 1 is 1.26 bits per heavy atom. The number of carbonyl (C=O) groups excluding carboxylic acids is 1. The standard InChI is InChI=1S/C20H25N5O2/c1-5-11-22-20(26)19-17(21)15-8-6-7-14(18(15)24-25(19)3)13-9-10-16(27-4)23-12(13)2/h6-10,24H,5,11,21H2,1-4H3,(H,22,26). The van der Waals surface area contributed by atoms with E-state index in [4.69, 9.17) is 10.5 Å². The molecular weight excluding hydrogens is 342 g/mol. The van der Waals surface area contributed by atoms with Gasteiger partial charge in [0.05, 0.1) is 18.5 Å². The second-order valence-electron chi connectivity index (χ2n) is 6.40. The highest BCUT2D eigenvalue weighted by Gasteiger charge is 2.27. The number of para-hydroxylation sites is 1. The van der Waals surface area contributed by atoms with Crippen molar-refractivity contribution in [3.05, 3.63) is 47.3 Å². The summed E-state index contributed by atoms with van der Waals surface area (Å²) in [4.78, 5) is 17.0. The number of hydrazine groups is 1. The molecule has 1 aliphatic rings. The van der Waals surface area contributed by atoms with Crippen LogP contribution in [0.15, 0.2) is 36.0 Å². The summed E-state index contributed by atoms with van der Waals surface area (Å²) in [5.74, 6) is 0.378. The quantitative estimate of drug-likeness (QED) is 0.752. The summed E-state index contributed by atoms with van der Waals surface area (Å²) < 4.78 is 5.20. The number of aryl methyl sites for hydroxylation is 1. The van der Waals surface area contributed by atoms with Gasteiger partial charge in [-0.2, -0.15) is 0 Å². The molecule has 7 nitrogen and oxygen atoms in total. The lowest BCUT2D eigenvalue weighted by Gasteiger charge is -2.32. The number of benzene rings is 1. The van der Waals surface area contributed by atoms with Gasteiger partial charge in [0.15, 0.2) is 0 Å². The monoisotopic (exact) mass is 367 g/mol. The maximum atomic E-state index is 12.5. The van der Waals surface area contributed by atoms with Crippen molar-refractivity contribution in [3.8, 4) is 17.0 Å². The van der Waals surface area contributed by atoms with E-state index in [-0.39, 0.29) is 5.91 Å². The van der Waals surface area contributed by atoms with Crippen LogP contribution in [0.5, 0.6) is 5.88 Å². The van der Waals surface area contributed by atoms with Gasteiger partial charge in [-0.25, -0.2) is 4.98 Å². The maximum Gasteiger partial charge on any atom is 0.271 e. The number of likely N-dealkylation sites (N-methyl/N-ethyl adjacent to an activating group) is 1. The van der Waals surface area contributed by atoms with Gasteiger partial charge in [-0.3, -0.25) is 15.2 Å². The molecule has 0 bridgehead atoms. The molecule has 0 unspecified atom stereocenters. The molecule has 0 radical (unpaired) electrons. The topological polar surface area (TPSA) is 92.5 Å². The molecule has 27 heavy (non-hydrogen) atoms. The first kappa shape index (κ1) is 18.6. The zero-order valence-corrected chi connectivity index (χ0v) is 16.1. The molecule has 142 valence electrons. The molecule has 7 heteroatoms. The summed E-state index contributed by atoms with van der Waals surface area (Å²) in [5.41, 5.74) is 15.0. The van der Waals surface area contributed by atoms with Crippen molar-refractivity contribution in [2.45, 2.75) is 20.3 Å². The second-order valence-corrected chi connectivity index (χ2v) is 6.40. The second kappa shape index (κ2) is 7.57. The zero-order chi connectivity index (χ0) is 19.6. The molecule has 0 saturated carbocycles. The van der Waals surface area contributed by atoms with E-state index < -0.39 is 0 Å². The van der Waals surface area contributed by atoms with Crippen LogP contribution in [0.25, 0.3) is 16.8 Å². The Labute approximate surface area is 159 Å². The smallest absolute Gasteiger partial charge is 0.271 e. The molecule has 1 amide bonds. The molecule has 1 aliphatic heterocycles. The van der Waals surface area contributed by atoms with Gasteiger partial charge < -0.3 is 15.8 Å². The number of fused-ring (bicyclic) bond motifs is 1. The van der Waals surface area contributed by atoms with Crippen molar-refractivity contribution in [3.63, 3.8) is 0 Å². The highest BCUT2D eigenvalue weighted by atomic mass is 16.5. The maximum absolute atomic E-state index is 12.5. The van der Waals surface area contributed by atoms with E-state index in [1.807, 2.05) is 44.2 Å². The van der Waals surface area contributed by atoms with Gasteiger partial charge in [0.25, 0.3) is 5.91 Å². The largest absolute Gasteiger partial charge is 0.481 e. The van der Waals surface area contributed by atoms with E-state index >= 15 is 0 Å². The number of carbonyl (C=O) groups is 1. The van der Waals surface area contributed by atoms with Crippen LogP contribution >= 0.6 is 0 Å². The molecule has 4 N–H and O–H groups in total. The van der Waals surface area contributed by atoms with Gasteiger partial charge in [-0.05, 0) is 19.4 Å². The van der Waals surface area contributed by atoms with Crippen LogP contribution in [-0.4, -0.2) is 36.6 Å². The van der Waals surface area contributed by atoms with Gasteiger partial charge in [-0.1, -0.05) is 25.1 Å². The van der Waals surface area contributed by atoms with E-state index in [0.29, 0.717) is 23.8 Å². The van der Waals surface area contributed by atoms with Crippen LogP contribution in [-0.2, 0) is 4.79 Å². The molecule has 0 aliphatic carbocycles. The molecule has 1 aromatic carbocycles. The van der Waals surface area contributed by atoms with E-state index in [2.05, 4.69) is 15.7 Å². The summed E-state index contributed by atoms with van der Waals surface area (Å²) in [5, 5.41) is 4.54. The van der Waals surface area contributed by atoms with Crippen molar-refractivity contribution >= 4 is 17.3 Å². The Morgan fingerprint density at radius 2 is 2.00 bits per heavy atom. The van der Waals surface area contributed by atoms with Crippen molar-refractivity contribution in [2.75, 3.05) is 26.1 Å². The number of nitrogens with one attached hydrogen (secondary N) is 2. The summed E-state index contributed by atoms with van der Waals surface area (Å²) >= 11 is 0. The highest BCUT2D eigenvalue weighted by Crippen LogP contribution is 2.39. The van der Waals surface area contributed by atoms with Crippen LogP contribution in [0.1, 0.15) is 24.6 Å². The molecule has 1 aromatic heterocycles. The minimum atomic E-state index is -0.192.